The van der Waals surface area contributed by atoms with Gasteiger partial charge in [0.15, 0.2) is 17.5 Å². The molecule has 0 radical (unpaired) electrons. The van der Waals surface area contributed by atoms with Crippen molar-refractivity contribution in [3.63, 3.8) is 0 Å². The van der Waals surface area contributed by atoms with Gasteiger partial charge in [0.25, 0.3) is 0 Å². The molecule has 1 saturated heterocycles. The normalized spacial score (nSPS) is 19.5. The molecule has 2 heterocycles. The summed E-state index contributed by atoms with van der Waals surface area (Å²) in [6, 6.07) is 4.32. The Bertz CT molecular complexity index is 838. The van der Waals surface area contributed by atoms with Gasteiger partial charge in [-0.25, -0.2) is 4.98 Å². The summed E-state index contributed by atoms with van der Waals surface area (Å²) in [5.41, 5.74) is 1.06. The molecule has 1 N–H and O–H groups in total. The summed E-state index contributed by atoms with van der Waals surface area (Å²) < 4.78 is 18.7. The number of imidazole rings is 1. The lowest BCUT2D eigenvalue weighted by Crippen LogP contribution is -2.49. The van der Waals surface area contributed by atoms with Gasteiger partial charge in [-0.1, -0.05) is 13.0 Å². The maximum Gasteiger partial charge on any atom is 0.203 e. The predicted molar refractivity (Wildman–Crippen MR) is 118 cm³/mol. The van der Waals surface area contributed by atoms with Crippen molar-refractivity contribution in [2.75, 3.05) is 48.0 Å². The standard InChI is InChI=1S/C22H33N5O3/c1-16-9-12-26(14-18(16)27-13-11-24-15-27)22(23-2)25-10-8-17-6-7-19(28-3)21(30-5)20(17)29-4/h6-7,11,13,15-16,18H,8-10,12,14H2,1-5H3,(H,23,25). The minimum atomic E-state index is 0.394. The van der Waals surface area contributed by atoms with Crippen molar-refractivity contribution in [1.29, 1.82) is 0 Å². The van der Waals surface area contributed by atoms with Crippen molar-refractivity contribution in [2.24, 2.45) is 10.9 Å². The Balaban J connectivity index is 1.64. The second-order valence-corrected chi connectivity index (χ2v) is 7.51. The fourth-order valence-corrected chi connectivity index (χ4v) is 4.10. The Morgan fingerprint density at radius 1 is 1.20 bits per heavy atom. The number of nitrogens with zero attached hydrogens (tertiary/aromatic N) is 4. The average molecular weight is 416 g/mol. The molecule has 30 heavy (non-hydrogen) atoms. The molecule has 1 aliphatic heterocycles. The molecule has 164 valence electrons. The molecule has 2 atom stereocenters. The number of piperidine rings is 1. The lowest BCUT2D eigenvalue weighted by molar-refractivity contribution is 0.189. The van der Waals surface area contributed by atoms with Gasteiger partial charge in [0, 0.05) is 44.6 Å². The molecule has 0 saturated carbocycles. The van der Waals surface area contributed by atoms with E-state index in [9.17, 15) is 0 Å². The highest BCUT2D eigenvalue weighted by Gasteiger charge is 2.28. The van der Waals surface area contributed by atoms with Crippen LogP contribution in [0.2, 0.25) is 0 Å². The first-order valence-corrected chi connectivity index (χ1v) is 10.3. The lowest BCUT2D eigenvalue weighted by atomic mass is 9.93. The van der Waals surface area contributed by atoms with Crippen LogP contribution in [0.5, 0.6) is 17.2 Å². The van der Waals surface area contributed by atoms with Crippen LogP contribution in [-0.4, -0.2) is 68.4 Å². The van der Waals surface area contributed by atoms with Crippen molar-refractivity contribution in [2.45, 2.75) is 25.8 Å². The number of aromatic nitrogens is 2. The van der Waals surface area contributed by atoms with Gasteiger partial charge in [0.05, 0.1) is 33.7 Å². The van der Waals surface area contributed by atoms with Gasteiger partial charge < -0.3 is 29.0 Å². The third kappa shape index (κ3) is 4.63. The fraction of sp³-hybridized carbons (Fsp3) is 0.545. The van der Waals surface area contributed by atoms with Crippen LogP contribution in [0.3, 0.4) is 0 Å². The van der Waals surface area contributed by atoms with Gasteiger partial charge in [-0.3, -0.25) is 4.99 Å². The smallest absolute Gasteiger partial charge is 0.203 e. The Labute approximate surface area is 178 Å². The molecule has 1 aliphatic rings. The number of methoxy groups -OCH3 is 3. The molecule has 1 aromatic heterocycles. The molecular formula is C22H33N5O3. The van der Waals surface area contributed by atoms with Crippen LogP contribution in [0.1, 0.15) is 24.9 Å². The average Bonchev–Trinajstić information content (AvgIpc) is 3.31. The quantitative estimate of drug-likeness (QED) is 0.554. The van der Waals surface area contributed by atoms with E-state index in [1.54, 1.807) is 21.3 Å². The van der Waals surface area contributed by atoms with E-state index in [1.165, 1.54) is 0 Å². The van der Waals surface area contributed by atoms with Crippen LogP contribution >= 0.6 is 0 Å². The van der Waals surface area contributed by atoms with Crippen molar-refractivity contribution >= 4 is 5.96 Å². The number of aliphatic imine (C=N–C) groups is 1. The van der Waals surface area contributed by atoms with Crippen LogP contribution in [0, 0.1) is 5.92 Å². The van der Waals surface area contributed by atoms with E-state index in [4.69, 9.17) is 14.2 Å². The molecule has 8 heteroatoms. The summed E-state index contributed by atoms with van der Waals surface area (Å²) in [4.78, 5) is 11.1. The van der Waals surface area contributed by atoms with Gasteiger partial charge in [0.1, 0.15) is 0 Å². The van der Waals surface area contributed by atoms with Crippen LogP contribution in [0.15, 0.2) is 35.8 Å². The summed E-state index contributed by atoms with van der Waals surface area (Å²) in [7, 11) is 6.74. The van der Waals surface area contributed by atoms with Crippen LogP contribution in [0.25, 0.3) is 0 Å². The minimum Gasteiger partial charge on any atom is -0.493 e. The molecule has 0 bridgehead atoms. The van der Waals surface area contributed by atoms with E-state index in [0.717, 1.165) is 44.0 Å². The van der Waals surface area contributed by atoms with Gasteiger partial charge in [-0.2, -0.15) is 0 Å². The Kier molecular flexibility index (Phi) is 7.43. The number of benzene rings is 1. The number of nitrogens with one attached hydrogen (secondary N) is 1. The fourth-order valence-electron chi connectivity index (χ4n) is 4.10. The van der Waals surface area contributed by atoms with Crippen LogP contribution < -0.4 is 19.5 Å². The minimum absolute atomic E-state index is 0.394. The highest BCUT2D eigenvalue weighted by molar-refractivity contribution is 5.80. The Hall–Kier alpha value is -2.90. The van der Waals surface area contributed by atoms with E-state index in [0.29, 0.717) is 29.2 Å². The van der Waals surface area contributed by atoms with Crippen LogP contribution in [-0.2, 0) is 6.42 Å². The van der Waals surface area contributed by atoms with Crippen molar-refractivity contribution in [1.82, 2.24) is 19.8 Å². The third-order valence-electron chi connectivity index (χ3n) is 5.80. The first-order chi connectivity index (χ1) is 14.6. The zero-order valence-electron chi connectivity index (χ0n) is 18.6. The molecule has 0 amide bonds. The number of hydrogen-bond acceptors (Lipinski definition) is 5. The lowest BCUT2D eigenvalue weighted by Gasteiger charge is -2.39. The maximum absolute atomic E-state index is 5.60. The summed E-state index contributed by atoms with van der Waals surface area (Å²) in [6.07, 6.45) is 7.69. The molecule has 1 fully saturated rings. The van der Waals surface area contributed by atoms with E-state index >= 15 is 0 Å². The SMILES string of the molecule is CN=C(NCCc1ccc(OC)c(OC)c1OC)N1CCC(C)C(n2ccnc2)C1. The zero-order chi connectivity index (χ0) is 21.5. The molecule has 8 nitrogen and oxygen atoms in total. The molecular weight excluding hydrogens is 382 g/mol. The van der Waals surface area contributed by atoms with Gasteiger partial charge in [-0.05, 0) is 24.8 Å². The second-order valence-electron chi connectivity index (χ2n) is 7.51. The topological polar surface area (TPSA) is 73.1 Å². The summed E-state index contributed by atoms with van der Waals surface area (Å²) in [5, 5.41) is 3.51. The van der Waals surface area contributed by atoms with E-state index in [2.05, 4.69) is 31.7 Å². The number of rotatable bonds is 7. The summed E-state index contributed by atoms with van der Waals surface area (Å²) in [6.45, 7) is 4.95. The van der Waals surface area contributed by atoms with Gasteiger partial charge in [-0.15, -0.1) is 0 Å². The number of ether oxygens (including phenoxy) is 3. The van der Waals surface area contributed by atoms with Gasteiger partial charge >= 0.3 is 0 Å². The van der Waals surface area contributed by atoms with Crippen molar-refractivity contribution < 1.29 is 14.2 Å². The monoisotopic (exact) mass is 415 g/mol. The highest BCUT2D eigenvalue weighted by atomic mass is 16.5. The number of hydrogen-bond donors (Lipinski definition) is 1. The first-order valence-electron chi connectivity index (χ1n) is 10.3. The molecule has 1 aromatic carbocycles. The summed E-state index contributed by atoms with van der Waals surface area (Å²) >= 11 is 0. The Morgan fingerprint density at radius 2 is 2.00 bits per heavy atom. The van der Waals surface area contributed by atoms with E-state index in [1.807, 2.05) is 37.9 Å². The molecule has 0 aliphatic carbocycles. The van der Waals surface area contributed by atoms with E-state index in [-0.39, 0.29) is 0 Å². The van der Waals surface area contributed by atoms with Crippen molar-refractivity contribution in [3.05, 3.63) is 36.4 Å². The maximum atomic E-state index is 5.60. The van der Waals surface area contributed by atoms with Crippen LogP contribution in [0.4, 0.5) is 0 Å². The zero-order valence-corrected chi connectivity index (χ0v) is 18.6. The number of guanidine groups is 1. The highest BCUT2D eigenvalue weighted by Crippen LogP contribution is 2.39. The first kappa shape index (κ1) is 21.8. The van der Waals surface area contributed by atoms with E-state index < -0.39 is 0 Å². The largest absolute Gasteiger partial charge is 0.493 e. The predicted octanol–water partition coefficient (Wildman–Crippen LogP) is 2.61. The molecule has 3 rings (SSSR count). The second kappa shape index (κ2) is 10.2. The van der Waals surface area contributed by atoms with Gasteiger partial charge in [0.2, 0.25) is 5.75 Å². The number of likely N-dealkylation sites (tertiary alicyclic amines) is 1. The Morgan fingerprint density at radius 3 is 2.63 bits per heavy atom. The molecule has 0 spiro atoms. The van der Waals surface area contributed by atoms with Crippen molar-refractivity contribution in [3.8, 4) is 17.2 Å². The molecule has 2 aromatic rings. The molecule has 2 unspecified atom stereocenters. The third-order valence-corrected chi connectivity index (χ3v) is 5.80. The summed E-state index contributed by atoms with van der Waals surface area (Å²) in [5.74, 6) is 3.52.